The lowest BCUT2D eigenvalue weighted by Crippen LogP contribution is -2.50. The summed E-state index contributed by atoms with van der Waals surface area (Å²) < 4.78 is 36.9. The minimum Gasteiger partial charge on any atom is -0.336 e. The van der Waals surface area contributed by atoms with Crippen molar-refractivity contribution in [3.05, 3.63) is 33.8 Å². The average Bonchev–Trinajstić information content (AvgIpc) is 2.40. The van der Waals surface area contributed by atoms with E-state index < -0.39 is 12.7 Å². The molecule has 116 valence electrons. The van der Waals surface area contributed by atoms with Gasteiger partial charge in [-0.15, -0.1) is 0 Å². The fourth-order valence-corrected chi connectivity index (χ4v) is 2.56. The number of halogens is 5. The van der Waals surface area contributed by atoms with Crippen molar-refractivity contribution >= 4 is 29.1 Å². The van der Waals surface area contributed by atoms with Crippen LogP contribution in [-0.4, -0.2) is 54.6 Å². The molecule has 0 radical (unpaired) electrons. The van der Waals surface area contributed by atoms with Gasteiger partial charge in [-0.25, -0.2) is 0 Å². The van der Waals surface area contributed by atoms with Crippen LogP contribution < -0.4 is 0 Å². The van der Waals surface area contributed by atoms with Crippen LogP contribution in [0.3, 0.4) is 0 Å². The Bertz CT molecular complexity index is 529. The van der Waals surface area contributed by atoms with Gasteiger partial charge in [0.2, 0.25) is 0 Å². The van der Waals surface area contributed by atoms with Gasteiger partial charge in [-0.05, 0) is 18.2 Å². The van der Waals surface area contributed by atoms with E-state index in [0.29, 0.717) is 5.02 Å². The standard InChI is InChI=1S/C13H13Cl2F3N2O/c14-9-1-2-11(15)10(7-9)12(21)20-5-3-19(4-6-20)8-13(16,17)18/h1-2,7H,3-6,8H2. The van der Waals surface area contributed by atoms with Crippen molar-refractivity contribution in [3.63, 3.8) is 0 Å². The Hall–Kier alpha value is -0.980. The minimum atomic E-state index is -4.22. The molecule has 3 nitrogen and oxygen atoms in total. The zero-order valence-electron chi connectivity index (χ0n) is 11.0. The maximum atomic E-state index is 12.3. The second-order valence-electron chi connectivity index (χ2n) is 4.81. The molecule has 8 heteroatoms. The van der Waals surface area contributed by atoms with Gasteiger partial charge in [-0.2, -0.15) is 13.2 Å². The van der Waals surface area contributed by atoms with Crippen LogP contribution in [0.5, 0.6) is 0 Å². The van der Waals surface area contributed by atoms with Crippen molar-refractivity contribution in [3.8, 4) is 0 Å². The molecular formula is C13H13Cl2F3N2O. The van der Waals surface area contributed by atoms with Gasteiger partial charge in [0.25, 0.3) is 5.91 Å². The van der Waals surface area contributed by atoms with Crippen LogP contribution in [-0.2, 0) is 0 Å². The number of carbonyl (C=O) groups excluding carboxylic acids is 1. The summed E-state index contributed by atoms with van der Waals surface area (Å²) in [5.74, 6) is -0.311. The first-order valence-corrected chi connectivity index (χ1v) is 7.05. The molecule has 1 aromatic carbocycles. The van der Waals surface area contributed by atoms with Gasteiger partial charge in [0.1, 0.15) is 0 Å². The first kappa shape index (κ1) is 16.4. The molecule has 0 atom stereocenters. The molecule has 1 aliphatic rings. The normalized spacial score (nSPS) is 17.1. The predicted octanol–water partition coefficient (Wildman–Crippen LogP) is 3.31. The number of hydrogen-bond donors (Lipinski definition) is 0. The van der Waals surface area contributed by atoms with Crippen LogP contribution in [0.15, 0.2) is 18.2 Å². The SMILES string of the molecule is O=C(c1cc(Cl)ccc1Cl)N1CCN(CC(F)(F)F)CC1. The van der Waals surface area contributed by atoms with E-state index in [1.807, 2.05) is 0 Å². The molecule has 0 aromatic heterocycles. The molecule has 1 fully saturated rings. The van der Waals surface area contributed by atoms with Crippen molar-refractivity contribution in [1.29, 1.82) is 0 Å². The van der Waals surface area contributed by atoms with Crippen molar-refractivity contribution in [2.75, 3.05) is 32.7 Å². The zero-order chi connectivity index (χ0) is 15.6. The summed E-state index contributed by atoms with van der Waals surface area (Å²) in [6.45, 7) is -0.116. The summed E-state index contributed by atoms with van der Waals surface area (Å²) in [4.78, 5) is 15.1. The van der Waals surface area contributed by atoms with Crippen molar-refractivity contribution < 1.29 is 18.0 Å². The third-order valence-electron chi connectivity index (χ3n) is 3.22. The van der Waals surface area contributed by atoms with Crippen molar-refractivity contribution in [2.24, 2.45) is 0 Å². The van der Waals surface area contributed by atoms with E-state index in [1.54, 1.807) is 6.07 Å². The van der Waals surface area contributed by atoms with Gasteiger partial charge in [-0.3, -0.25) is 9.69 Å². The lowest BCUT2D eigenvalue weighted by Gasteiger charge is -2.35. The number of alkyl halides is 3. The Morgan fingerprint density at radius 3 is 2.33 bits per heavy atom. The second kappa shape index (κ2) is 6.42. The molecule has 1 aliphatic heterocycles. The Labute approximate surface area is 130 Å². The molecule has 0 unspecified atom stereocenters. The van der Waals surface area contributed by atoms with Crippen LogP contribution in [0, 0.1) is 0 Å². The Morgan fingerprint density at radius 1 is 1.14 bits per heavy atom. The quantitative estimate of drug-likeness (QED) is 0.824. The Kier molecular flexibility index (Phi) is 5.01. The molecule has 21 heavy (non-hydrogen) atoms. The van der Waals surface area contributed by atoms with Gasteiger partial charge in [0, 0.05) is 31.2 Å². The number of nitrogens with zero attached hydrogens (tertiary/aromatic N) is 2. The van der Waals surface area contributed by atoms with E-state index in [2.05, 4.69) is 0 Å². The number of carbonyl (C=O) groups is 1. The van der Waals surface area contributed by atoms with E-state index in [4.69, 9.17) is 23.2 Å². The van der Waals surface area contributed by atoms with Gasteiger partial charge in [-0.1, -0.05) is 23.2 Å². The first-order valence-electron chi connectivity index (χ1n) is 6.30. The zero-order valence-corrected chi connectivity index (χ0v) is 12.5. The van der Waals surface area contributed by atoms with E-state index in [9.17, 15) is 18.0 Å². The van der Waals surface area contributed by atoms with E-state index in [0.717, 1.165) is 0 Å². The fourth-order valence-electron chi connectivity index (χ4n) is 2.19. The monoisotopic (exact) mass is 340 g/mol. The third-order valence-corrected chi connectivity index (χ3v) is 3.79. The summed E-state index contributed by atoms with van der Waals surface area (Å²) in [5, 5.41) is 0.667. The molecule has 0 N–H and O–H groups in total. The van der Waals surface area contributed by atoms with Gasteiger partial charge in [0.05, 0.1) is 17.1 Å². The van der Waals surface area contributed by atoms with E-state index in [1.165, 1.54) is 21.9 Å². The van der Waals surface area contributed by atoms with E-state index in [-0.39, 0.29) is 42.7 Å². The predicted molar refractivity (Wildman–Crippen MR) is 74.9 cm³/mol. The smallest absolute Gasteiger partial charge is 0.336 e. The van der Waals surface area contributed by atoms with Crippen LogP contribution in [0.4, 0.5) is 13.2 Å². The molecule has 1 saturated heterocycles. The number of hydrogen-bond acceptors (Lipinski definition) is 2. The molecule has 1 amide bonds. The molecule has 1 heterocycles. The summed E-state index contributed by atoms with van der Waals surface area (Å²) >= 11 is 11.8. The van der Waals surface area contributed by atoms with Gasteiger partial charge < -0.3 is 4.90 Å². The fraction of sp³-hybridized carbons (Fsp3) is 0.462. The van der Waals surface area contributed by atoms with Crippen LogP contribution in [0.2, 0.25) is 10.0 Å². The summed E-state index contributed by atoms with van der Waals surface area (Å²) in [6.07, 6.45) is -4.22. The highest BCUT2D eigenvalue weighted by Gasteiger charge is 2.33. The first-order chi connectivity index (χ1) is 9.76. The largest absolute Gasteiger partial charge is 0.401 e. The topological polar surface area (TPSA) is 23.6 Å². The molecule has 2 rings (SSSR count). The summed E-state index contributed by atoms with van der Waals surface area (Å²) in [6, 6.07) is 4.56. The van der Waals surface area contributed by atoms with Gasteiger partial charge >= 0.3 is 6.18 Å². The Morgan fingerprint density at radius 2 is 1.76 bits per heavy atom. The Balaban J connectivity index is 1.99. The number of benzene rings is 1. The molecule has 0 spiro atoms. The maximum Gasteiger partial charge on any atom is 0.401 e. The number of piperazine rings is 1. The highest BCUT2D eigenvalue weighted by Crippen LogP contribution is 2.23. The third kappa shape index (κ3) is 4.49. The highest BCUT2D eigenvalue weighted by atomic mass is 35.5. The molecule has 0 bridgehead atoms. The van der Waals surface area contributed by atoms with Crippen LogP contribution >= 0.6 is 23.2 Å². The maximum absolute atomic E-state index is 12.3. The second-order valence-corrected chi connectivity index (χ2v) is 5.65. The minimum absolute atomic E-state index is 0.184. The van der Waals surface area contributed by atoms with Crippen LogP contribution in [0.1, 0.15) is 10.4 Å². The van der Waals surface area contributed by atoms with Gasteiger partial charge in [0.15, 0.2) is 0 Å². The van der Waals surface area contributed by atoms with E-state index >= 15 is 0 Å². The lowest BCUT2D eigenvalue weighted by molar-refractivity contribution is -0.148. The molecule has 0 aliphatic carbocycles. The summed E-state index contributed by atoms with van der Waals surface area (Å²) in [5.41, 5.74) is 0.272. The lowest BCUT2D eigenvalue weighted by atomic mass is 10.1. The highest BCUT2D eigenvalue weighted by molar-refractivity contribution is 6.35. The average molecular weight is 341 g/mol. The van der Waals surface area contributed by atoms with Crippen molar-refractivity contribution in [2.45, 2.75) is 6.18 Å². The molecular weight excluding hydrogens is 328 g/mol. The summed E-state index contributed by atoms with van der Waals surface area (Å²) in [7, 11) is 0. The van der Waals surface area contributed by atoms with Crippen molar-refractivity contribution in [1.82, 2.24) is 9.80 Å². The number of amides is 1. The van der Waals surface area contributed by atoms with Crippen LogP contribution in [0.25, 0.3) is 0 Å². The molecule has 1 aromatic rings. The molecule has 0 saturated carbocycles. The number of rotatable bonds is 2.